The summed E-state index contributed by atoms with van der Waals surface area (Å²) < 4.78 is 12.7. The van der Waals surface area contributed by atoms with Gasteiger partial charge in [-0.05, 0) is 260 Å². The van der Waals surface area contributed by atoms with Gasteiger partial charge in [0.15, 0.2) is 0 Å². The molecule has 0 amide bonds. The molecule has 6 aliphatic rings. The Labute approximate surface area is 591 Å². The minimum atomic E-state index is -1.11. The van der Waals surface area contributed by atoms with Crippen molar-refractivity contribution in [3.63, 3.8) is 0 Å². The van der Waals surface area contributed by atoms with Gasteiger partial charge in [0, 0.05) is 34.1 Å². The Bertz CT molecular complexity index is 3210. The molecule has 12 atom stereocenters. The summed E-state index contributed by atoms with van der Waals surface area (Å²) in [7, 11) is 0. The molecule has 4 fully saturated rings. The van der Waals surface area contributed by atoms with Crippen molar-refractivity contribution in [3.05, 3.63) is 92.0 Å². The van der Waals surface area contributed by atoms with E-state index in [0.717, 1.165) is 137 Å². The lowest BCUT2D eigenvalue weighted by molar-refractivity contribution is -0.0149. The third-order valence-electron chi connectivity index (χ3n) is 24.1. The fraction of sp³-hybridized carbons (Fsp3) is 0.698. The number of aryl methyl sites for hydroxylation is 4. The van der Waals surface area contributed by atoms with Crippen molar-refractivity contribution >= 4 is 11.9 Å². The van der Waals surface area contributed by atoms with Crippen LogP contribution in [0, 0.1) is 59.2 Å². The number of hydrogen-bond acceptors (Lipinski definition) is 10. The van der Waals surface area contributed by atoms with Gasteiger partial charge in [0.1, 0.15) is 68.3 Å². The lowest BCUT2D eigenvalue weighted by atomic mass is 9.64. The number of phenolic OH excluding ortho intramolecular Hbond substituents is 4. The molecular formula is C86H132O12. The molecule has 4 aliphatic carbocycles. The van der Waals surface area contributed by atoms with Crippen LogP contribution in [0.3, 0.4) is 0 Å². The van der Waals surface area contributed by atoms with E-state index >= 15 is 0 Å². The lowest BCUT2D eigenvalue weighted by Gasteiger charge is -2.49. The van der Waals surface area contributed by atoms with Crippen molar-refractivity contribution in [2.75, 3.05) is 0 Å². The molecule has 4 saturated carbocycles. The highest BCUT2D eigenvalue weighted by molar-refractivity contribution is 5.94. The molecule has 4 aromatic carbocycles. The van der Waals surface area contributed by atoms with Crippen molar-refractivity contribution in [2.24, 2.45) is 59.2 Å². The fourth-order valence-corrected chi connectivity index (χ4v) is 18.7. The number of hydrogen-bond donors (Lipinski definition) is 8. The number of unbranched alkanes of at least 4 members (excludes halogenated alkanes) is 8. The number of fused-ring (bicyclic) bond motifs is 6. The minimum Gasteiger partial charge on any atom is -0.508 e. The van der Waals surface area contributed by atoms with Crippen LogP contribution in [0.2, 0.25) is 0 Å². The maximum absolute atomic E-state index is 11.9. The zero-order valence-corrected chi connectivity index (χ0v) is 63.6. The molecule has 548 valence electrons. The number of rotatable bonds is 22. The third kappa shape index (κ3) is 19.4. The summed E-state index contributed by atoms with van der Waals surface area (Å²) >= 11 is 0. The Morgan fingerprint density at radius 2 is 0.735 bits per heavy atom. The van der Waals surface area contributed by atoms with Crippen molar-refractivity contribution in [1.29, 1.82) is 0 Å². The van der Waals surface area contributed by atoms with Crippen LogP contribution in [0.1, 0.15) is 354 Å². The van der Waals surface area contributed by atoms with Gasteiger partial charge in [0.2, 0.25) is 0 Å². The van der Waals surface area contributed by atoms with E-state index in [0.29, 0.717) is 112 Å². The molecule has 10 rings (SSSR count). The number of carboxylic acid groups (broad SMARTS) is 2. The second-order valence-corrected chi connectivity index (χ2v) is 33.4. The van der Waals surface area contributed by atoms with Gasteiger partial charge in [0.05, 0.1) is 0 Å². The Balaban J connectivity index is 0.000000184. The van der Waals surface area contributed by atoms with Gasteiger partial charge < -0.3 is 50.3 Å². The summed E-state index contributed by atoms with van der Waals surface area (Å²) in [4.78, 5) is 23.8. The molecular weight excluding hydrogens is 1220 g/mol. The predicted molar refractivity (Wildman–Crippen MR) is 399 cm³/mol. The normalized spacial score (nSPS) is 25.8. The number of ether oxygens (including phenoxy) is 2. The van der Waals surface area contributed by atoms with Crippen LogP contribution in [0.15, 0.2) is 36.4 Å². The first-order valence-corrected chi connectivity index (χ1v) is 39.1. The van der Waals surface area contributed by atoms with Crippen LogP contribution < -0.4 is 9.47 Å². The lowest BCUT2D eigenvalue weighted by Crippen LogP contribution is -2.46. The van der Waals surface area contributed by atoms with Crippen LogP contribution in [-0.4, -0.2) is 64.0 Å². The molecule has 12 heteroatoms. The van der Waals surface area contributed by atoms with Crippen LogP contribution in [0.25, 0.3) is 0 Å². The van der Waals surface area contributed by atoms with E-state index in [1.54, 1.807) is 6.07 Å². The van der Waals surface area contributed by atoms with E-state index < -0.39 is 11.9 Å². The highest BCUT2D eigenvalue weighted by atomic mass is 16.5. The third-order valence-corrected chi connectivity index (χ3v) is 24.1. The number of aromatic carboxylic acids is 2. The molecule has 0 bridgehead atoms. The molecule has 0 saturated heterocycles. The molecule has 98 heavy (non-hydrogen) atoms. The Morgan fingerprint density at radius 1 is 0.408 bits per heavy atom. The van der Waals surface area contributed by atoms with E-state index in [2.05, 4.69) is 117 Å². The zero-order chi connectivity index (χ0) is 72.1. The SMILES string of the molecule is CCCCCc1cc(O)c([C@@H]2CC(C)CC[C@H]2C(C)C)c(O)c1.CCCCCc1cc(O)c([C@@H]2CC(C)CC[C@H]2C(C)C)c(O)c1C(=O)O.CCCCCc1cc(O)c2c(c1)OC(C)(C)[C@@H]1CCC(C)C[C@@H]21.CCCCCc1cc2c(c(O)c1C(=O)O)[C@@H]1CC(C)CC[C@H]1C(C)(C)O2. The molecule has 12 nitrogen and oxygen atoms in total. The number of carboxylic acids is 2. The average Bonchev–Trinajstić information content (AvgIpc) is 0.744. The fourth-order valence-electron chi connectivity index (χ4n) is 18.7. The maximum Gasteiger partial charge on any atom is 0.339 e. The first-order chi connectivity index (χ1) is 46.4. The zero-order valence-electron chi connectivity index (χ0n) is 63.6. The standard InChI is InChI=1S/C22H32O4.C22H34O4.C21H32O2.C21H34O2/c1-5-6-7-8-14-12-17-19(20(23)18(14)21(24)25)15-11-13(2)9-10-16(15)22(3,4)26-17;1-5-6-7-8-15-12-18(23)20(21(24)19(15)22(25)26)17-11-14(4)9-10-16(17)13(2)3;1-5-6-7-8-15-12-18(22)20-16-11-14(2)9-10-17(16)21(3,4)23-19(20)13-15;1-5-6-7-8-16-12-19(22)21(20(23)13-16)18-11-15(4)9-10-17(18)14(2)3/h12-13,15-16,23H,5-11H2,1-4H3,(H,24,25);12-14,16-17,23-24H,5-11H2,1-4H3,(H,25,26);12-14,16-17,22H,5-11H2,1-4H3;12-15,17-18,22-23H,5-11H2,1-4H3/t13?,15-,16-;14?,16-,17+;14?,16-,17-;15?,17-,18+/m1010/s1. The Hall–Kier alpha value is -5.78. The quantitative estimate of drug-likeness (QED) is 0.0345. The molecule has 8 N–H and O–H groups in total. The van der Waals surface area contributed by atoms with Crippen LogP contribution in [-0.2, 0) is 25.7 Å². The topological polar surface area (TPSA) is 214 Å². The van der Waals surface area contributed by atoms with E-state index in [1.165, 1.54) is 69.8 Å². The first-order valence-electron chi connectivity index (χ1n) is 39.1. The predicted octanol–water partition coefficient (Wildman–Crippen LogP) is 23.0. The number of benzene rings is 4. The number of aromatic hydroxyl groups is 6. The maximum atomic E-state index is 11.9. The number of phenols is 6. The summed E-state index contributed by atoms with van der Waals surface area (Å²) in [6.07, 6.45) is 29.7. The minimum absolute atomic E-state index is 0.00143. The largest absolute Gasteiger partial charge is 0.508 e. The monoisotopic (exact) mass is 1360 g/mol. The summed E-state index contributed by atoms with van der Waals surface area (Å²) in [5.41, 5.74) is 6.21. The molecule has 4 unspecified atom stereocenters. The van der Waals surface area contributed by atoms with Crippen LogP contribution >= 0.6 is 0 Å². The van der Waals surface area contributed by atoms with Gasteiger partial charge in [-0.2, -0.15) is 0 Å². The second-order valence-electron chi connectivity index (χ2n) is 33.4. The Kier molecular flexibility index (Phi) is 29.0. The first kappa shape index (κ1) is 79.5. The van der Waals surface area contributed by atoms with Gasteiger partial charge in [-0.1, -0.05) is 160 Å². The van der Waals surface area contributed by atoms with Crippen molar-refractivity contribution < 1.29 is 59.9 Å². The van der Waals surface area contributed by atoms with E-state index in [9.17, 15) is 50.4 Å². The van der Waals surface area contributed by atoms with Crippen LogP contribution in [0.5, 0.6) is 46.0 Å². The van der Waals surface area contributed by atoms with Crippen molar-refractivity contribution in [2.45, 2.75) is 325 Å². The highest BCUT2D eigenvalue weighted by Gasteiger charge is 2.49. The van der Waals surface area contributed by atoms with Gasteiger partial charge in [-0.15, -0.1) is 0 Å². The number of carbonyl (C=O) groups is 2. The molecule has 4 aromatic rings. The Morgan fingerprint density at radius 3 is 1.14 bits per heavy atom. The molecule has 2 aliphatic heterocycles. The second kappa shape index (κ2) is 35.7. The van der Waals surface area contributed by atoms with E-state index in [-0.39, 0.29) is 57.3 Å². The average molecular weight is 1360 g/mol. The summed E-state index contributed by atoms with van der Waals surface area (Å²) in [5, 5.41) is 84.0. The van der Waals surface area contributed by atoms with Crippen molar-refractivity contribution in [3.8, 4) is 46.0 Å². The van der Waals surface area contributed by atoms with Gasteiger partial charge in [0.25, 0.3) is 0 Å². The van der Waals surface area contributed by atoms with E-state index in [4.69, 9.17) is 9.47 Å². The van der Waals surface area contributed by atoms with Crippen molar-refractivity contribution in [1.82, 2.24) is 0 Å². The summed E-state index contributed by atoms with van der Waals surface area (Å²) in [6, 6.07) is 11.5. The smallest absolute Gasteiger partial charge is 0.339 e. The van der Waals surface area contributed by atoms with Gasteiger partial charge in [-0.25, -0.2) is 9.59 Å². The highest BCUT2D eigenvalue weighted by Crippen LogP contribution is 2.59. The molecule has 0 aromatic heterocycles. The summed E-state index contributed by atoms with van der Waals surface area (Å²) in [5.74, 6) is 6.46. The summed E-state index contributed by atoms with van der Waals surface area (Å²) in [6.45, 7) is 35.3. The van der Waals surface area contributed by atoms with E-state index in [1.807, 2.05) is 24.3 Å². The molecule has 0 radical (unpaired) electrons. The van der Waals surface area contributed by atoms with Gasteiger partial charge in [-0.3, -0.25) is 0 Å². The molecule has 0 spiro atoms. The molecule has 2 heterocycles. The van der Waals surface area contributed by atoms with Gasteiger partial charge >= 0.3 is 11.9 Å². The van der Waals surface area contributed by atoms with Crippen LogP contribution in [0.4, 0.5) is 0 Å².